The molecule has 0 atom stereocenters. The van der Waals surface area contributed by atoms with Crippen LogP contribution < -0.4 is 5.43 Å². The van der Waals surface area contributed by atoms with Gasteiger partial charge in [0.25, 0.3) is 5.91 Å². The van der Waals surface area contributed by atoms with Crippen molar-refractivity contribution >= 4 is 12.1 Å². The zero-order valence-electron chi connectivity index (χ0n) is 10.7. The second kappa shape index (κ2) is 9.10. The molecule has 0 aliphatic heterocycles. The number of pyridine rings is 1. The van der Waals surface area contributed by atoms with Crippen LogP contribution in [-0.4, -0.2) is 17.1 Å². The third-order valence-electron chi connectivity index (χ3n) is 2.36. The van der Waals surface area contributed by atoms with E-state index in [-0.39, 0.29) is 5.91 Å². The van der Waals surface area contributed by atoms with Crippen molar-refractivity contribution in [2.24, 2.45) is 5.10 Å². The third kappa shape index (κ3) is 5.94. The maximum atomic E-state index is 11.5. The molecule has 0 fully saturated rings. The van der Waals surface area contributed by atoms with Crippen LogP contribution in [0.5, 0.6) is 0 Å². The molecule has 0 saturated carbocycles. The summed E-state index contributed by atoms with van der Waals surface area (Å²) >= 11 is 0. The second-order valence-electron chi connectivity index (χ2n) is 3.88. The second-order valence-corrected chi connectivity index (χ2v) is 3.88. The highest BCUT2D eigenvalue weighted by Crippen LogP contribution is 1.98. The van der Waals surface area contributed by atoms with Crippen LogP contribution in [0.15, 0.2) is 41.8 Å². The van der Waals surface area contributed by atoms with Crippen LogP contribution in [0.1, 0.15) is 43.0 Å². The molecular formula is C14H19N3O. The highest BCUT2D eigenvalue weighted by molar-refractivity contribution is 5.94. The molecule has 18 heavy (non-hydrogen) atoms. The molecule has 1 amide bonds. The van der Waals surface area contributed by atoms with Crippen LogP contribution in [0, 0.1) is 0 Å². The number of carbonyl (C=O) groups is 1. The number of rotatable bonds is 7. The van der Waals surface area contributed by atoms with Crippen LogP contribution in [0.2, 0.25) is 0 Å². The van der Waals surface area contributed by atoms with Crippen molar-refractivity contribution in [3.8, 4) is 0 Å². The Morgan fingerprint density at radius 1 is 1.50 bits per heavy atom. The van der Waals surface area contributed by atoms with Crippen LogP contribution in [0.25, 0.3) is 0 Å². The van der Waals surface area contributed by atoms with Gasteiger partial charge in [0.05, 0.1) is 5.56 Å². The summed E-state index contributed by atoms with van der Waals surface area (Å²) in [5, 5.41) is 3.83. The van der Waals surface area contributed by atoms with Crippen molar-refractivity contribution in [3.05, 3.63) is 42.2 Å². The Labute approximate surface area is 108 Å². The first-order valence-electron chi connectivity index (χ1n) is 6.23. The Morgan fingerprint density at radius 2 is 2.39 bits per heavy atom. The summed E-state index contributed by atoms with van der Waals surface area (Å²) in [7, 11) is 0. The van der Waals surface area contributed by atoms with E-state index in [1.54, 1.807) is 24.5 Å². The smallest absolute Gasteiger partial charge is 0.267 e. The highest BCUT2D eigenvalue weighted by Gasteiger charge is 2.01. The van der Waals surface area contributed by atoms with Gasteiger partial charge in [0.15, 0.2) is 0 Å². The van der Waals surface area contributed by atoms with Crippen LogP contribution in [0.4, 0.5) is 0 Å². The summed E-state index contributed by atoms with van der Waals surface area (Å²) in [6.07, 6.45) is 13.3. The van der Waals surface area contributed by atoms with Gasteiger partial charge in [0.2, 0.25) is 0 Å². The van der Waals surface area contributed by atoms with E-state index in [2.05, 4.69) is 28.5 Å². The van der Waals surface area contributed by atoms with E-state index in [1.165, 1.54) is 25.5 Å². The topological polar surface area (TPSA) is 54.4 Å². The maximum absolute atomic E-state index is 11.5. The number of hydrogen-bond acceptors (Lipinski definition) is 3. The monoisotopic (exact) mass is 245 g/mol. The summed E-state index contributed by atoms with van der Waals surface area (Å²) in [6, 6.07) is 3.41. The molecule has 1 aromatic heterocycles. The zero-order valence-corrected chi connectivity index (χ0v) is 10.7. The quantitative estimate of drug-likeness (QED) is 0.456. The first-order chi connectivity index (χ1) is 8.84. The molecule has 96 valence electrons. The molecule has 0 saturated heterocycles. The standard InChI is InChI=1S/C14H19N3O/c1-2-3-4-5-6-7-11-16-17-14(18)13-9-8-10-15-12-13/h6-12H,2-5H2,1H3,(H,17,18)/b7-6+,16-11+. The fraction of sp³-hybridized carbons (Fsp3) is 0.357. The van der Waals surface area contributed by atoms with Crippen molar-refractivity contribution in [2.45, 2.75) is 32.6 Å². The van der Waals surface area contributed by atoms with Crippen LogP contribution in [-0.2, 0) is 0 Å². The van der Waals surface area contributed by atoms with Gasteiger partial charge < -0.3 is 0 Å². The largest absolute Gasteiger partial charge is 0.272 e. The number of amides is 1. The fourth-order valence-electron chi connectivity index (χ4n) is 1.37. The minimum atomic E-state index is -0.251. The van der Waals surface area contributed by atoms with Crippen molar-refractivity contribution in [1.82, 2.24) is 10.4 Å². The lowest BCUT2D eigenvalue weighted by atomic mass is 10.2. The number of unbranched alkanes of at least 4 members (excludes halogenated alkanes) is 3. The lowest BCUT2D eigenvalue weighted by molar-refractivity contribution is 0.0955. The Morgan fingerprint density at radius 3 is 3.11 bits per heavy atom. The average Bonchev–Trinajstić information content (AvgIpc) is 2.42. The molecule has 1 rings (SSSR count). The van der Waals surface area contributed by atoms with Gasteiger partial charge in [-0.15, -0.1) is 0 Å². The van der Waals surface area contributed by atoms with Gasteiger partial charge in [-0.2, -0.15) is 5.10 Å². The van der Waals surface area contributed by atoms with E-state index >= 15 is 0 Å². The van der Waals surface area contributed by atoms with Crippen molar-refractivity contribution in [2.75, 3.05) is 0 Å². The number of nitrogens with one attached hydrogen (secondary N) is 1. The number of allylic oxidation sites excluding steroid dienone is 2. The van der Waals surface area contributed by atoms with Gasteiger partial charge >= 0.3 is 0 Å². The molecule has 1 aromatic rings. The average molecular weight is 245 g/mol. The maximum Gasteiger partial charge on any atom is 0.272 e. The van der Waals surface area contributed by atoms with Gasteiger partial charge in [-0.3, -0.25) is 9.78 Å². The molecule has 0 bridgehead atoms. The molecular weight excluding hydrogens is 226 g/mol. The van der Waals surface area contributed by atoms with Gasteiger partial charge in [-0.1, -0.05) is 25.8 Å². The van der Waals surface area contributed by atoms with E-state index in [9.17, 15) is 4.79 Å². The van der Waals surface area contributed by atoms with E-state index in [0.717, 1.165) is 6.42 Å². The zero-order chi connectivity index (χ0) is 13.1. The van der Waals surface area contributed by atoms with Crippen molar-refractivity contribution in [1.29, 1.82) is 0 Å². The highest BCUT2D eigenvalue weighted by atomic mass is 16.2. The summed E-state index contributed by atoms with van der Waals surface area (Å²) in [4.78, 5) is 15.4. The molecule has 1 N–H and O–H groups in total. The van der Waals surface area contributed by atoms with E-state index in [1.807, 2.05) is 6.08 Å². The minimum Gasteiger partial charge on any atom is -0.267 e. The van der Waals surface area contributed by atoms with Crippen LogP contribution in [0.3, 0.4) is 0 Å². The Hall–Kier alpha value is -1.97. The molecule has 4 heteroatoms. The molecule has 0 radical (unpaired) electrons. The fourth-order valence-corrected chi connectivity index (χ4v) is 1.37. The minimum absolute atomic E-state index is 0.251. The van der Waals surface area contributed by atoms with E-state index in [4.69, 9.17) is 0 Å². The number of aromatic nitrogens is 1. The Balaban J connectivity index is 2.22. The molecule has 0 spiro atoms. The lowest BCUT2D eigenvalue weighted by Gasteiger charge is -1.96. The first kappa shape index (κ1) is 14.1. The molecule has 1 heterocycles. The van der Waals surface area contributed by atoms with Crippen molar-refractivity contribution in [3.63, 3.8) is 0 Å². The van der Waals surface area contributed by atoms with Gasteiger partial charge in [0.1, 0.15) is 0 Å². The van der Waals surface area contributed by atoms with Gasteiger partial charge in [-0.25, -0.2) is 5.43 Å². The third-order valence-corrected chi connectivity index (χ3v) is 2.36. The predicted octanol–water partition coefficient (Wildman–Crippen LogP) is 2.93. The number of hydrazone groups is 1. The Kier molecular flexibility index (Phi) is 7.13. The van der Waals surface area contributed by atoms with Crippen LogP contribution >= 0.6 is 0 Å². The SMILES string of the molecule is CCCCC/C=C/C=N/NC(=O)c1cccnc1. The van der Waals surface area contributed by atoms with E-state index < -0.39 is 0 Å². The molecule has 0 aliphatic rings. The number of carbonyl (C=O) groups excluding carboxylic acids is 1. The predicted molar refractivity (Wildman–Crippen MR) is 73.5 cm³/mol. The van der Waals surface area contributed by atoms with Gasteiger partial charge in [0, 0.05) is 18.6 Å². The lowest BCUT2D eigenvalue weighted by Crippen LogP contribution is -2.17. The van der Waals surface area contributed by atoms with Gasteiger partial charge in [-0.05, 0) is 31.1 Å². The first-order valence-corrected chi connectivity index (χ1v) is 6.23. The number of nitrogens with zero attached hydrogens (tertiary/aromatic N) is 2. The molecule has 0 aliphatic carbocycles. The van der Waals surface area contributed by atoms with E-state index in [0.29, 0.717) is 5.56 Å². The molecule has 0 unspecified atom stereocenters. The Bertz CT molecular complexity index is 399. The summed E-state index contributed by atoms with van der Waals surface area (Å²) in [6.45, 7) is 2.18. The molecule has 4 nitrogen and oxygen atoms in total. The summed E-state index contributed by atoms with van der Waals surface area (Å²) in [5.74, 6) is -0.251. The number of hydrogen-bond donors (Lipinski definition) is 1. The summed E-state index contributed by atoms with van der Waals surface area (Å²) < 4.78 is 0. The summed E-state index contributed by atoms with van der Waals surface area (Å²) in [5.41, 5.74) is 2.94. The normalized spacial score (nSPS) is 11.2. The molecule has 0 aromatic carbocycles. The van der Waals surface area contributed by atoms with Crippen molar-refractivity contribution < 1.29 is 4.79 Å².